The molecule has 2 saturated heterocycles. The van der Waals surface area contributed by atoms with Crippen molar-refractivity contribution in [3.8, 4) is 0 Å². The van der Waals surface area contributed by atoms with E-state index >= 15 is 0 Å². The normalized spacial score (nSPS) is 80.0. The number of fused-ring (bicyclic) bond motifs is 10. The fraction of sp³-hybridized carbons (Fsp3) is 1.00. The van der Waals surface area contributed by atoms with E-state index in [4.69, 9.17) is 9.47 Å². The summed E-state index contributed by atoms with van der Waals surface area (Å²) in [6.07, 6.45) is 5.58. The van der Waals surface area contributed by atoms with Crippen molar-refractivity contribution in [2.45, 2.75) is 37.3 Å². The fourth-order valence-electron chi connectivity index (χ4n) is 4.58. The zero-order chi connectivity index (χ0) is 7.45. The number of hydrogen-bond acceptors (Lipinski definition) is 2. The first-order valence-electron chi connectivity index (χ1n) is 5.24. The molecule has 0 unspecified atom stereocenters. The van der Waals surface area contributed by atoms with Crippen molar-refractivity contribution in [1.29, 1.82) is 0 Å². The Kier molecular flexibility index (Phi) is 0.644. The van der Waals surface area contributed by atoms with Gasteiger partial charge in [-0.15, -0.1) is 0 Å². The van der Waals surface area contributed by atoms with Gasteiger partial charge in [0.1, 0.15) is 0 Å². The van der Waals surface area contributed by atoms with E-state index in [2.05, 4.69) is 0 Å². The summed E-state index contributed by atoms with van der Waals surface area (Å²) in [6.45, 7) is 0. The molecule has 3 aliphatic carbocycles. The van der Waals surface area contributed by atoms with Gasteiger partial charge in [0, 0.05) is 0 Å². The molecule has 8 atom stereocenters. The molecule has 0 amide bonds. The SMILES string of the molecule is C1[C@@H]2[C@@H]3C[C@@H]4O[C@@H]4[C@H]3[C@@H]1[C@H]1O[C@H]21. The van der Waals surface area contributed by atoms with E-state index in [9.17, 15) is 0 Å². The molecule has 0 aromatic carbocycles. The molecule has 0 radical (unpaired) electrons. The van der Waals surface area contributed by atoms with E-state index in [1.54, 1.807) is 0 Å². The molecule has 0 aromatic rings. The van der Waals surface area contributed by atoms with Gasteiger partial charge in [0.25, 0.3) is 0 Å². The lowest BCUT2D eigenvalue weighted by molar-refractivity contribution is 0.162. The second-order valence-corrected chi connectivity index (χ2v) is 5.24. The quantitative estimate of drug-likeness (QED) is 0.495. The zero-order valence-electron chi connectivity index (χ0n) is 6.85. The summed E-state index contributed by atoms with van der Waals surface area (Å²) < 4.78 is 11.3. The molecule has 2 bridgehead atoms. The van der Waals surface area contributed by atoms with E-state index in [0.717, 1.165) is 23.7 Å². The summed E-state index contributed by atoms with van der Waals surface area (Å²) in [5.74, 6) is 3.77. The number of hydrogen-bond donors (Lipinski definition) is 0. The van der Waals surface area contributed by atoms with Gasteiger partial charge in [-0.25, -0.2) is 0 Å². The van der Waals surface area contributed by atoms with E-state index < -0.39 is 0 Å². The highest BCUT2D eigenvalue weighted by Crippen LogP contribution is 2.69. The molecule has 5 rings (SSSR count). The van der Waals surface area contributed by atoms with Gasteiger partial charge in [-0.1, -0.05) is 0 Å². The first-order valence-corrected chi connectivity index (χ1v) is 5.24. The third kappa shape index (κ3) is 0.409. The molecule has 64 valence electrons. The molecular weight excluding hydrogens is 152 g/mol. The van der Waals surface area contributed by atoms with Gasteiger partial charge in [0.05, 0.1) is 24.4 Å². The van der Waals surface area contributed by atoms with Crippen LogP contribution in [0.2, 0.25) is 0 Å². The van der Waals surface area contributed by atoms with Crippen LogP contribution in [0.25, 0.3) is 0 Å². The van der Waals surface area contributed by atoms with Crippen LogP contribution >= 0.6 is 0 Å². The highest BCUT2D eigenvalue weighted by molar-refractivity contribution is 5.21. The standard InChI is InChI=1S/C10H12O2/c1-4-3-2-6-10(11-6)7(3)5(1)9-8(4)12-9/h3-10H,1-2H2/t3-,4+,5+,6-,7+,8+,9+,10-/m0/s1. The van der Waals surface area contributed by atoms with Crippen LogP contribution in [0.1, 0.15) is 12.8 Å². The maximum Gasteiger partial charge on any atom is 0.0876 e. The van der Waals surface area contributed by atoms with Gasteiger partial charge in [0.2, 0.25) is 0 Å². The molecule has 0 aromatic heterocycles. The molecule has 2 heteroatoms. The predicted molar refractivity (Wildman–Crippen MR) is 40.5 cm³/mol. The van der Waals surface area contributed by atoms with E-state index in [1.807, 2.05) is 0 Å². The minimum Gasteiger partial charge on any atom is -0.369 e. The minimum atomic E-state index is 0.676. The molecule has 5 fully saturated rings. The van der Waals surface area contributed by atoms with E-state index in [-0.39, 0.29) is 0 Å². The van der Waals surface area contributed by atoms with Crippen LogP contribution in [0.3, 0.4) is 0 Å². The van der Waals surface area contributed by atoms with Gasteiger partial charge in [-0.2, -0.15) is 0 Å². The number of epoxide rings is 2. The third-order valence-electron chi connectivity index (χ3n) is 4.99. The third-order valence-corrected chi connectivity index (χ3v) is 4.99. The van der Waals surface area contributed by atoms with Crippen LogP contribution in [0.4, 0.5) is 0 Å². The monoisotopic (exact) mass is 164 g/mol. The van der Waals surface area contributed by atoms with Crippen LogP contribution in [-0.2, 0) is 9.47 Å². The molecule has 5 aliphatic rings. The summed E-state index contributed by atoms with van der Waals surface area (Å²) in [5, 5.41) is 0. The molecule has 2 nitrogen and oxygen atoms in total. The Morgan fingerprint density at radius 2 is 1.67 bits per heavy atom. The van der Waals surface area contributed by atoms with Gasteiger partial charge in [0.15, 0.2) is 0 Å². The van der Waals surface area contributed by atoms with E-state index in [0.29, 0.717) is 24.4 Å². The van der Waals surface area contributed by atoms with Crippen molar-refractivity contribution in [3.63, 3.8) is 0 Å². The summed E-state index contributed by atoms with van der Waals surface area (Å²) in [7, 11) is 0. The Morgan fingerprint density at radius 3 is 2.67 bits per heavy atom. The van der Waals surface area contributed by atoms with Crippen molar-refractivity contribution in [1.82, 2.24) is 0 Å². The Bertz CT molecular complexity index is 273. The lowest BCUT2D eigenvalue weighted by Crippen LogP contribution is -2.27. The maximum atomic E-state index is 5.69. The average molecular weight is 164 g/mol. The maximum absolute atomic E-state index is 5.69. The number of ether oxygens (including phenoxy) is 2. The lowest BCUT2D eigenvalue weighted by atomic mass is 9.81. The van der Waals surface area contributed by atoms with Crippen LogP contribution in [0.5, 0.6) is 0 Å². The highest BCUT2D eigenvalue weighted by Gasteiger charge is 2.74. The van der Waals surface area contributed by atoms with Crippen LogP contribution in [-0.4, -0.2) is 24.4 Å². The molecule has 0 N–H and O–H groups in total. The fourth-order valence-corrected chi connectivity index (χ4v) is 4.58. The van der Waals surface area contributed by atoms with Crippen LogP contribution < -0.4 is 0 Å². The Labute approximate surface area is 71.2 Å². The summed E-state index contributed by atoms with van der Waals surface area (Å²) >= 11 is 0. The second kappa shape index (κ2) is 1.38. The first-order chi connectivity index (χ1) is 5.93. The zero-order valence-corrected chi connectivity index (χ0v) is 6.85. The molecule has 2 heterocycles. The molecule has 12 heavy (non-hydrogen) atoms. The summed E-state index contributed by atoms with van der Waals surface area (Å²) in [4.78, 5) is 0. The molecule has 0 spiro atoms. The average Bonchev–Trinajstić information content (AvgIpc) is 2.92. The summed E-state index contributed by atoms with van der Waals surface area (Å²) in [6, 6.07) is 0. The highest BCUT2D eigenvalue weighted by atomic mass is 16.6. The number of rotatable bonds is 0. The lowest BCUT2D eigenvalue weighted by Gasteiger charge is -2.22. The Morgan fingerprint density at radius 1 is 0.750 bits per heavy atom. The Balaban J connectivity index is 1.66. The second-order valence-electron chi connectivity index (χ2n) is 5.24. The largest absolute Gasteiger partial charge is 0.369 e. The molecule has 3 saturated carbocycles. The summed E-state index contributed by atoms with van der Waals surface area (Å²) in [5.41, 5.74) is 0. The van der Waals surface area contributed by atoms with Crippen molar-refractivity contribution in [2.75, 3.05) is 0 Å². The minimum absolute atomic E-state index is 0.676. The molecular formula is C10H12O2. The van der Waals surface area contributed by atoms with Crippen LogP contribution in [0.15, 0.2) is 0 Å². The van der Waals surface area contributed by atoms with Gasteiger partial charge < -0.3 is 9.47 Å². The smallest absolute Gasteiger partial charge is 0.0876 e. The van der Waals surface area contributed by atoms with Crippen molar-refractivity contribution < 1.29 is 9.47 Å². The predicted octanol–water partition coefficient (Wildman–Crippen LogP) is 0.807. The van der Waals surface area contributed by atoms with Gasteiger partial charge in [-0.3, -0.25) is 0 Å². The molecule has 2 aliphatic heterocycles. The van der Waals surface area contributed by atoms with Gasteiger partial charge in [-0.05, 0) is 36.5 Å². The topological polar surface area (TPSA) is 25.1 Å². The first kappa shape index (κ1) is 5.61. The van der Waals surface area contributed by atoms with E-state index in [1.165, 1.54) is 12.8 Å². The van der Waals surface area contributed by atoms with Gasteiger partial charge >= 0.3 is 0 Å². The van der Waals surface area contributed by atoms with Crippen molar-refractivity contribution in [2.24, 2.45) is 23.7 Å². The van der Waals surface area contributed by atoms with Crippen LogP contribution in [0, 0.1) is 23.7 Å². The van der Waals surface area contributed by atoms with Crippen molar-refractivity contribution in [3.05, 3.63) is 0 Å². The Hall–Kier alpha value is -0.0800. The van der Waals surface area contributed by atoms with Crippen molar-refractivity contribution >= 4 is 0 Å².